The van der Waals surface area contributed by atoms with E-state index < -0.39 is 47.3 Å². The molecule has 3 aromatic heterocycles. The molecule has 4 atom stereocenters. The van der Waals surface area contributed by atoms with Crippen molar-refractivity contribution >= 4 is 69.7 Å². The third-order valence-electron chi connectivity index (χ3n) is 14.0. The van der Waals surface area contributed by atoms with Gasteiger partial charge in [0.1, 0.15) is 23.4 Å². The molecule has 4 aliphatic heterocycles. The number of rotatable bonds is 7. The maximum atomic E-state index is 13.9. The largest absolute Gasteiger partial charge is 0.416 e. The molecule has 70 heavy (non-hydrogen) atoms. The molecule has 5 aromatic rings. The lowest BCUT2D eigenvalue weighted by Gasteiger charge is -2.31. The summed E-state index contributed by atoms with van der Waals surface area (Å²) in [5, 5.41) is 13.8. The minimum atomic E-state index is -4.59. The van der Waals surface area contributed by atoms with E-state index in [2.05, 4.69) is 41.8 Å². The molecular weight excluding hydrogens is 908 g/mol. The number of nitrogens with zero attached hydrogens (tertiary/aromatic N) is 7. The Bertz CT molecular complexity index is 2970. The number of aromatic nitrogens is 4. The lowest BCUT2D eigenvalue weighted by Crippen LogP contribution is -2.54. The van der Waals surface area contributed by atoms with Crippen molar-refractivity contribution < 1.29 is 41.9 Å². The lowest BCUT2D eigenvalue weighted by atomic mass is 9.90. The number of nitrogen functional groups attached to an aromatic ring is 1. The number of fused-ring (bicyclic) bond motifs is 4. The van der Waals surface area contributed by atoms with Crippen LogP contribution in [0.1, 0.15) is 106 Å². The van der Waals surface area contributed by atoms with Gasteiger partial charge in [0.2, 0.25) is 17.7 Å². The van der Waals surface area contributed by atoms with Crippen LogP contribution in [0.2, 0.25) is 0 Å². The molecule has 1 aliphatic carbocycles. The molecule has 20 heteroatoms. The number of halogens is 3. The summed E-state index contributed by atoms with van der Waals surface area (Å²) < 4.78 is 41.8. The van der Waals surface area contributed by atoms with Gasteiger partial charge in [-0.1, -0.05) is 24.3 Å². The van der Waals surface area contributed by atoms with Gasteiger partial charge in [0.15, 0.2) is 0 Å². The second-order valence-electron chi connectivity index (χ2n) is 18.7. The van der Waals surface area contributed by atoms with Crippen LogP contribution in [0.15, 0.2) is 73.1 Å². The Kier molecular flexibility index (Phi) is 12.4. The Balaban J connectivity index is 0.836. The number of allylic oxidation sites excluding steroid dienone is 1. The van der Waals surface area contributed by atoms with Crippen LogP contribution in [0.4, 0.5) is 30.5 Å². The number of carbonyl (C=O) groups is 6. The fourth-order valence-corrected chi connectivity index (χ4v) is 10.6. The molecule has 17 nitrogen and oxygen atoms in total. The molecule has 3 fully saturated rings. The van der Waals surface area contributed by atoms with Crippen molar-refractivity contribution in [3.63, 3.8) is 0 Å². The highest BCUT2D eigenvalue weighted by Crippen LogP contribution is 2.40. The van der Waals surface area contributed by atoms with E-state index in [1.807, 2.05) is 16.8 Å². The summed E-state index contributed by atoms with van der Waals surface area (Å²) in [6.07, 6.45) is 7.86. The van der Waals surface area contributed by atoms with Gasteiger partial charge in [-0.3, -0.25) is 48.6 Å². The van der Waals surface area contributed by atoms with Crippen LogP contribution in [0.25, 0.3) is 28.2 Å². The van der Waals surface area contributed by atoms with Gasteiger partial charge >= 0.3 is 6.18 Å². The third kappa shape index (κ3) is 9.22. The number of piperidine rings is 1. The normalized spacial score (nSPS) is 22.9. The zero-order valence-corrected chi connectivity index (χ0v) is 38.0. The highest BCUT2D eigenvalue weighted by Gasteiger charge is 2.45. The standard InChI is InChI=1S/C50H50F3N11O6/c51-50(52,53)32-16-18-55-39(21-32)58-46(67)30-10-8-29(9-11-30)43-42-44-31(24-56-45(42)54)5-2-1-3-19-61(27-41(66)57-33-6-4-7-35(22-33)64(44)60-43)25-28-17-20-62(26-28)34-12-13-36-37(23-34)49(70)63(48(36)69)38-14-15-40(65)59-47(38)68/h2,5,8-13,16,18,21,23-24,28,33,35,38H,1,3-4,6-7,14-15,17,19-20,22,25-27H2,(H2,54,56)(H,57,66)(H,55,58,67)(H,59,65,68)/b5-2+/t28-,33+,35+,38?/m0/s1. The lowest BCUT2D eigenvalue weighted by molar-refractivity contribution is -0.138. The van der Waals surface area contributed by atoms with Crippen molar-refractivity contribution in [2.24, 2.45) is 5.92 Å². The number of nitrogens with two attached hydrogens (primary N) is 1. The summed E-state index contributed by atoms with van der Waals surface area (Å²) in [6, 6.07) is 12.1. The number of anilines is 3. The Labute approximate surface area is 399 Å². The van der Waals surface area contributed by atoms with Gasteiger partial charge in [-0.25, -0.2) is 9.97 Å². The van der Waals surface area contributed by atoms with E-state index >= 15 is 0 Å². The predicted molar refractivity (Wildman–Crippen MR) is 252 cm³/mol. The summed E-state index contributed by atoms with van der Waals surface area (Å²) in [7, 11) is 0. The topological polar surface area (TPSA) is 218 Å². The number of amides is 6. The number of imide groups is 2. The van der Waals surface area contributed by atoms with Crippen LogP contribution in [0.3, 0.4) is 0 Å². The number of alkyl halides is 3. The van der Waals surface area contributed by atoms with Crippen molar-refractivity contribution in [2.45, 2.75) is 82.1 Å². The van der Waals surface area contributed by atoms with Crippen LogP contribution in [0, 0.1) is 5.92 Å². The summed E-state index contributed by atoms with van der Waals surface area (Å²) in [5.74, 6) is -2.57. The second kappa shape index (κ2) is 18.8. The number of nitrogens with one attached hydrogen (secondary N) is 3. The monoisotopic (exact) mass is 957 g/mol. The average Bonchev–Trinajstić information content (AvgIpc) is 4.04. The molecule has 1 saturated carbocycles. The van der Waals surface area contributed by atoms with Crippen LogP contribution < -0.4 is 26.6 Å². The molecule has 2 bridgehead atoms. The summed E-state index contributed by atoms with van der Waals surface area (Å²) in [4.78, 5) is 92.0. The molecule has 10 rings (SSSR count). The van der Waals surface area contributed by atoms with Crippen molar-refractivity contribution in [3.05, 3.63) is 101 Å². The SMILES string of the molecule is Nc1ncc2c3c1c(-c1ccc(C(=O)Nc4cc(C(F)(F)F)ccn4)cc1)nn3[C@@H]1CCC[C@H](C1)NC(=O)CN(C[C@@H]1CCN(c3ccc4c(c3)C(=O)N(C3CCC(=O)NC3=O)C4=O)C1)CCC/C=C/2. The van der Waals surface area contributed by atoms with Crippen molar-refractivity contribution in [1.29, 1.82) is 0 Å². The van der Waals surface area contributed by atoms with E-state index in [0.717, 1.165) is 78.6 Å². The fourth-order valence-electron chi connectivity index (χ4n) is 10.6. The zero-order valence-electron chi connectivity index (χ0n) is 38.0. The molecule has 362 valence electrons. The number of hydrogen-bond donors (Lipinski definition) is 4. The molecule has 5 N–H and O–H groups in total. The average molecular weight is 958 g/mol. The van der Waals surface area contributed by atoms with Crippen molar-refractivity contribution in [1.82, 2.24) is 40.2 Å². The molecular formula is C50H50F3N11O6. The van der Waals surface area contributed by atoms with Crippen molar-refractivity contribution in [2.75, 3.05) is 48.7 Å². The first-order chi connectivity index (χ1) is 33.7. The summed E-state index contributed by atoms with van der Waals surface area (Å²) in [6.45, 7) is 3.01. The van der Waals surface area contributed by atoms with Gasteiger partial charge in [0, 0.05) is 66.9 Å². The van der Waals surface area contributed by atoms with Crippen LogP contribution in [-0.2, 0) is 20.6 Å². The number of carbonyl (C=O) groups excluding carboxylic acids is 6. The number of benzene rings is 2. The van der Waals surface area contributed by atoms with E-state index in [1.54, 1.807) is 42.6 Å². The Morgan fingerprint density at radius 1 is 0.886 bits per heavy atom. The molecule has 1 unspecified atom stereocenters. The van der Waals surface area contributed by atoms with E-state index in [0.29, 0.717) is 49.1 Å². The van der Waals surface area contributed by atoms with Crippen molar-refractivity contribution in [3.8, 4) is 11.3 Å². The first-order valence-corrected chi connectivity index (χ1v) is 23.6. The molecule has 7 heterocycles. The predicted octanol–water partition coefficient (Wildman–Crippen LogP) is 5.98. The van der Waals surface area contributed by atoms with Crippen LogP contribution in [-0.4, -0.2) is 110 Å². The first-order valence-electron chi connectivity index (χ1n) is 23.6. The van der Waals surface area contributed by atoms with E-state index in [9.17, 15) is 41.9 Å². The van der Waals surface area contributed by atoms with Gasteiger partial charge in [0.25, 0.3) is 17.7 Å². The summed E-state index contributed by atoms with van der Waals surface area (Å²) >= 11 is 0. The quantitative estimate of drug-likeness (QED) is 0.139. The van der Waals surface area contributed by atoms with Gasteiger partial charge in [-0.15, -0.1) is 0 Å². The molecule has 0 radical (unpaired) electrons. The molecule has 2 aromatic carbocycles. The maximum Gasteiger partial charge on any atom is 0.416 e. The van der Waals surface area contributed by atoms with Gasteiger partial charge in [0.05, 0.1) is 40.2 Å². The zero-order chi connectivity index (χ0) is 48.8. The Morgan fingerprint density at radius 3 is 2.50 bits per heavy atom. The third-order valence-corrected chi connectivity index (χ3v) is 14.0. The van der Waals surface area contributed by atoms with Gasteiger partial charge < -0.3 is 21.3 Å². The maximum absolute atomic E-state index is 13.9. The molecule has 5 aliphatic rings. The fraction of sp³-hybridized carbons (Fsp3) is 0.380. The number of pyridine rings is 2. The highest BCUT2D eigenvalue weighted by molar-refractivity contribution is 6.23. The van der Waals surface area contributed by atoms with Gasteiger partial charge in [-0.2, -0.15) is 18.3 Å². The molecule has 2 saturated heterocycles. The Hall–Kier alpha value is -7.48. The van der Waals surface area contributed by atoms with Crippen LogP contribution in [0.5, 0.6) is 0 Å². The minimum absolute atomic E-state index is 0.0482. The second-order valence-corrected chi connectivity index (χ2v) is 18.7. The minimum Gasteiger partial charge on any atom is -0.383 e. The van der Waals surface area contributed by atoms with E-state index in [1.165, 1.54) is 0 Å². The Morgan fingerprint density at radius 2 is 1.70 bits per heavy atom. The highest BCUT2D eigenvalue weighted by atomic mass is 19.4. The molecule has 6 amide bonds. The smallest absolute Gasteiger partial charge is 0.383 e. The summed E-state index contributed by atoms with van der Waals surface area (Å²) in [5.41, 5.74) is 10.0. The number of hydrogen-bond acceptors (Lipinski definition) is 12. The van der Waals surface area contributed by atoms with Gasteiger partial charge in [-0.05, 0) is 106 Å². The van der Waals surface area contributed by atoms with E-state index in [-0.39, 0.29) is 71.6 Å². The van der Waals surface area contributed by atoms with E-state index in [4.69, 9.17) is 10.8 Å². The first kappa shape index (κ1) is 46.3. The molecule has 0 spiro atoms. The van der Waals surface area contributed by atoms with Crippen LogP contribution >= 0.6 is 0 Å².